The summed E-state index contributed by atoms with van der Waals surface area (Å²) >= 11 is 5.87. The van der Waals surface area contributed by atoms with Crippen LogP contribution in [0.25, 0.3) is 0 Å². The summed E-state index contributed by atoms with van der Waals surface area (Å²) in [6.07, 6.45) is 1.30. The maximum Gasteiger partial charge on any atom is 0.267 e. The van der Waals surface area contributed by atoms with E-state index in [9.17, 15) is 9.59 Å². The normalized spacial score (nSPS) is 10.6. The van der Waals surface area contributed by atoms with Gasteiger partial charge in [-0.2, -0.15) is 5.26 Å². The predicted molar refractivity (Wildman–Crippen MR) is 93.8 cm³/mol. The second kappa shape index (κ2) is 7.95. The van der Waals surface area contributed by atoms with E-state index in [-0.39, 0.29) is 11.4 Å². The van der Waals surface area contributed by atoms with E-state index in [0.29, 0.717) is 22.0 Å². The molecule has 0 fully saturated rings. The van der Waals surface area contributed by atoms with Crippen molar-refractivity contribution < 1.29 is 9.59 Å². The van der Waals surface area contributed by atoms with E-state index in [1.807, 2.05) is 6.07 Å². The average Bonchev–Trinajstić information content (AvgIpc) is 2.55. The van der Waals surface area contributed by atoms with Crippen molar-refractivity contribution in [2.45, 2.75) is 6.92 Å². The highest BCUT2D eigenvalue weighted by molar-refractivity contribution is 6.30. The Morgan fingerprint density at radius 3 is 2.50 bits per heavy atom. The van der Waals surface area contributed by atoms with Gasteiger partial charge < -0.3 is 10.6 Å². The first-order chi connectivity index (χ1) is 11.5. The number of halogens is 1. The highest BCUT2D eigenvalue weighted by atomic mass is 35.5. The molecular weight excluding hydrogens is 326 g/mol. The first-order valence-corrected chi connectivity index (χ1v) is 7.42. The van der Waals surface area contributed by atoms with Gasteiger partial charge in [-0.15, -0.1) is 0 Å². The monoisotopic (exact) mass is 339 g/mol. The fourth-order valence-corrected chi connectivity index (χ4v) is 2.09. The molecule has 0 aliphatic rings. The Bertz CT molecular complexity index is 853. The summed E-state index contributed by atoms with van der Waals surface area (Å²) in [6.45, 7) is 1.44. The molecule has 0 unspecified atom stereocenters. The quantitative estimate of drug-likeness (QED) is 0.490. The van der Waals surface area contributed by atoms with Gasteiger partial charge in [0.15, 0.2) is 5.78 Å². The number of nitrogens with zero attached hydrogens (tertiary/aromatic N) is 1. The molecule has 120 valence electrons. The van der Waals surface area contributed by atoms with Crippen molar-refractivity contribution in [1.29, 1.82) is 5.26 Å². The van der Waals surface area contributed by atoms with E-state index in [4.69, 9.17) is 16.9 Å². The molecule has 24 heavy (non-hydrogen) atoms. The molecule has 5 nitrogen and oxygen atoms in total. The number of amides is 1. The summed E-state index contributed by atoms with van der Waals surface area (Å²) in [5, 5.41) is 15.1. The average molecular weight is 340 g/mol. The molecular formula is C18H14ClN3O2. The van der Waals surface area contributed by atoms with Gasteiger partial charge in [0.1, 0.15) is 11.6 Å². The number of nitriles is 1. The number of hydrogen-bond donors (Lipinski definition) is 2. The number of ketones is 1. The lowest BCUT2D eigenvalue weighted by Crippen LogP contribution is -2.14. The Labute approximate surface area is 144 Å². The molecule has 6 heteroatoms. The zero-order valence-electron chi connectivity index (χ0n) is 12.8. The fourth-order valence-electron chi connectivity index (χ4n) is 1.90. The topological polar surface area (TPSA) is 82.0 Å². The molecule has 2 N–H and O–H groups in total. The maximum atomic E-state index is 12.2. The number of hydrogen-bond acceptors (Lipinski definition) is 4. The molecule has 2 rings (SSSR count). The second-order valence-corrected chi connectivity index (χ2v) is 5.35. The number of anilines is 2. The number of carbonyl (C=O) groups excluding carboxylic acids is 2. The summed E-state index contributed by atoms with van der Waals surface area (Å²) in [5.74, 6) is -0.683. The molecule has 0 saturated carbocycles. The third-order valence-electron chi connectivity index (χ3n) is 3.10. The Balaban J connectivity index is 2.11. The van der Waals surface area contributed by atoms with Gasteiger partial charge >= 0.3 is 0 Å². The van der Waals surface area contributed by atoms with E-state index in [2.05, 4.69) is 10.6 Å². The molecule has 0 radical (unpaired) electrons. The zero-order valence-corrected chi connectivity index (χ0v) is 13.6. The summed E-state index contributed by atoms with van der Waals surface area (Å²) in [7, 11) is 0. The predicted octanol–water partition coefficient (Wildman–Crippen LogP) is 4.00. The minimum Gasteiger partial charge on any atom is -0.360 e. The van der Waals surface area contributed by atoms with Crippen LogP contribution in [0.1, 0.15) is 17.3 Å². The van der Waals surface area contributed by atoms with Crippen molar-refractivity contribution in [3.8, 4) is 6.07 Å². The molecule has 0 aromatic heterocycles. The summed E-state index contributed by atoms with van der Waals surface area (Å²) in [4.78, 5) is 23.5. The van der Waals surface area contributed by atoms with Crippen molar-refractivity contribution in [2.75, 3.05) is 10.6 Å². The van der Waals surface area contributed by atoms with Gasteiger partial charge in [0.25, 0.3) is 5.91 Å². The largest absolute Gasteiger partial charge is 0.360 e. The van der Waals surface area contributed by atoms with Crippen LogP contribution >= 0.6 is 11.6 Å². The molecule has 0 atom stereocenters. The Hall–Kier alpha value is -3.10. The van der Waals surface area contributed by atoms with E-state index < -0.39 is 5.91 Å². The van der Waals surface area contributed by atoms with Gasteiger partial charge in [-0.25, -0.2) is 0 Å². The van der Waals surface area contributed by atoms with Gasteiger partial charge in [-0.1, -0.05) is 29.8 Å². The third kappa shape index (κ3) is 4.70. The van der Waals surface area contributed by atoms with Crippen LogP contribution in [0.3, 0.4) is 0 Å². The smallest absolute Gasteiger partial charge is 0.267 e. The van der Waals surface area contributed by atoms with E-state index >= 15 is 0 Å². The van der Waals surface area contributed by atoms with Gasteiger partial charge in [-0.3, -0.25) is 9.59 Å². The van der Waals surface area contributed by atoms with Crippen LogP contribution in [0.4, 0.5) is 11.4 Å². The second-order valence-electron chi connectivity index (χ2n) is 4.92. The number of benzene rings is 2. The van der Waals surface area contributed by atoms with Crippen LogP contribution in [0.15, 0.2) is 60.3 Å². The molecule has 0 spiro atoms. The van der Waals surface area contributed by atoms with Gasteiger partial charge in [0.2, 0.25) is 0 Å². The van der Waals surface area contributed by atoms with Gasteiger partial charge in [-0.05, 0) is 37.3 Å². The molecule has 2 aromatic rings. The van der Waals surface area contributed by atoms with E-state index in [1.54, 1.807) is 48.5 Å². The van der Waals surface area contributed by atoms with Gasteiger partial charge in [0, 0.05) is 28.2 Å². The first-order valence-electron chi connectivity index (χ1n) is 7.04. The van der Waals surface area contributed by atoms with Crippen molar-refractivity contribution in [1.82, 2.24) is 0 Å². The molecule has 0 aliphatic heterocycles. The van der Waals surface area contributed by atoms with E-state index in [1.165, 1.54) is 13.1 Å². The lowest BCUT2D eigenvalue weighted by molar-refractivity contribution is -0.112. The van der Waals surface area contributed by atoms with Crippen LogP contribution in [-0.2, 0) is 4.79 Å². The summed E-state index contributed by atoms with van der Waals surface area (Å²) < 4.78 is 0. The van der Waals surface area contributed by atoms with Crippen LogP contribution in [0.5, 0.6) is 0 Å². The molecule has 0 heterocycles. The highest BCUT2D eigenvalue weighted by Gasteiger charge is 2.10. The Morgan fingerprint density at radius 1 is 1.12 bits per heavy atom. The number of Topliss-reactive ketones (excluding diaryl/α,β-unsaturated/α-hetero) is 1. The van der Waals surface area contributed by atoms with Gasteiger partial charge in [0.05, 0.1) is 0 Å². The Kier molecular flexibility index (Phi) is 5.72. The lowest BCUT2D eigenvalue weighted by atomic mass is 10.1. The third-order valence-corrected chi connectivity index (χ3v) is 3.33. The summed E-state index contributed by atoms with van der Waals surface area (Å²) in [5.41, 5.74) is 1.47. The molecule has 0 saturated heterocycles. The number of carbonyl (C=O) groups is 2. The van der Waals surface area contributed by atoms with Crippen molar-refractivity contribution in [3.05, 3.63) is 70.9 Å². The minimum absolute atomic E-state index is 0.107. The summed E-state index contributed by atoms with van der Waals surface area (Å²) in [6, 6.07) is 15.2. The first kappa shape index (κ1) is 17.3. The van der Waals surface area contributed by atoms with E-state index in [0.717, 1.165) is 0 Å². The zero-order chi connectivity index (χ0) is 17.5. The number of rotatable bonds is 5. The van der Waals surface area contributed by atoms with Crippen molar-refractivity contribution in [3.63, 3.8) is 0 Å². The minimum atomic E-state index is -0.576. The maximum absolute atomic E-state index is 12.2. The lowest BCUT2D eigenvalue weighted by Gasteiger charge is -2.06. The molecule has 2 aromatic carbocycles. The van der Waals surface area contributed by atoms with Crippen molar-refractivity contribution >= 4 is 34.7 Å². The van der Waals surface area contributed by atoms with Crippen LogP contribution < -0.4 is 10.6 Å². The Morgan fingerprint density at radius 2 is 1.83 bits per heavy atom. The molecule has 1 amide bonds. The number of nitrogens with one attached hydrogen (secondary N) is 2. The molecule has 0 bridgehead atoms. The fraction of sp³-hybridized carbons (Fsp3) is 0.0556. The van der Waals surface area contributed by atoms with Crippen LogP contribution in [0.2, 0.25) is 5.02 Å². The standard InChI is InChI=1S/C18H14ClN3O2/c1-12(23)13-4-2-7-17(8-13)22-18(24)14(10-20)11-21-16-6-3-5-15(19)9-16/h2-9,11,21H,1H3,(H,22,24)/b14-11-. The van der Waals surface area contributed by atoms with Crippen molar-refractivity contribution in [2.24, 2.45) is 0 Å². The molecule has 0 aliphatic carbocycles. The SMILES string of the molecule is CC(=O)c1cccc(NC(=O)/C(C#N)=C\Nc2cccc(Cl)c2)c1. The van der Waals surface area contributed by atoms with Crippen LogP contribution in [-0.4, -0.2) is 11.7 Å². The van der Waals surface area contributed by atoms with Crippen LogP contribution in [0, 0.1) is 11.3 Å². The highest BCUT2D eigenvalue weighted by Crippen LogP contribution is 2.16.